The van der Waals surface area contributed by atoms with E-state index in [1.807, 2.05) is 0 Å². The molecule has 1 nitrogen and oxygen atoms in total. The highest BCUT2D eigenvalue weighted by molar-refractivity contribution is 6.26. The number of fused-ring (bicyclic) bond motifs is 7. The monoisotopic (exact) mass is 749 g/mol. The molecule has 11 rings (SSSR count). The summed E-state index contributed by atoms with van der Waals surface area (Å²) in [6.07, 6.45) is 0. The second-order valence-electron chi connectivity index (χ2n) is 15.3. The summed E-state index contributed by atoms with van der Waals surface area (Å²) in [6, 6.07) is 86.4. The van der Waals surface area contributed by atoms with Crippen molar-refractivity contribution in [2.45, 2.75) is 0 Å². The molecule has 0 amide bonds. The lowest BCUT2D eigenvalue weighted by atomic mass is 9.90. The van der Waals surface area contributed by atoms with Gasteiger partial charge < -0.3 is 4.90 Å². The van der Waals surface area contributed by atoms with Crippen molar-refractivity contribution in [1.82, 2.24) is 0 Å². The van der Waals surface area contributed by atoms with E-state index in [1.165, 1.54) is 82.0 Å². The maximum atomic E-state index is 2.45. The van der Waals surface area contributed by atoms with Gasteiger partial charge in [0.25, 0.3) is 0 Å². The summed E-state index contributed by atoms with van der Waals surface area (Å²) in [7, 11) is 0. The van der Waals surface area contributed by atoms with E-state index in [2.05, 4.69) is 241 Å². The van der Waals surface area contributed by atoms with Gasteiger partial charge in [0.15, 0.2) is 0 Å². The average Bonchev–Trinajstić information content (AvgIpc) is 3.32. The molecule has 0 N–H and O–H groups in total. The molecule has 0 fully saturated rings. The highest BCUT2D eigenvalue weighted by Crippen LogP contribution is 2.47. The largest absolute Gasteiger partial charge is 0.310 e. The quantitative estimate of drug-likeness (QED) is 0.147. The average molecular weight is 750 g/mol. The van der Waals surface area contributed by atoms with Gasteiger partial charge in [0.05, 0.1) is 5.69 Å². The second kappa shape index (κ2) is 14.6. The molecule has 0 aliphatic rings. The third-order valence-electron chi connectivity index (χ3n) is 11.8. The maximum Gasteiger partial charge on any atom is 0.0546 e. The second-order valence-corrected chi connectivity index (χ2v) is 15.3. The van der Waals surface area contributed by atoms with Gasteiger partial charge in [-0.25, -0.2) is 0 Å². The Balaban J connectivity index is 1.15. The Morgan fingerprint density at radius 2 is 0.593 bits per heavy atom. The van der Waals surface area contributed by atoms with Crippen molar-refractivity contribution in [2.24, 2.45) is 0 Å². The van der Waals surface area contributed by atoms with Crippen LogP contribution in [0.1, 0.15) is 0 Å². The molecule has 1 heteroatoms. The van der Waals surface area contributed by atoms with Crippen LogP contribution < -0.4 is 4.90 Å². The van der Waals surface area contributed by atoms with Crippen molar-refractivity contribution < 1.29 is 0 Å². The lowest BCUT2D eigenvalue weighted by molar-refractivity contribution is 1.29. The van der Waals surface area contributed by atoms with Crippen LogP contribution >= 0.6 is 0 Å². The Bertz CT molecular complexity index is 3280. The Kier molecular flexibility index (Phi) is 8.56. The first kappa shape index (κ1) is 34.5. The molecule has 0 atom stereocenters. The smallest absolute Gasteiger partial charge is 0.0546 e. The summed E-state index contributed by atoms with van der Waals surface area (Å²) >= 11 is 0. The van der Waals surface area contributed by atoms with E-state index < -0.39 is 0 Å². The van der Waals surface area contributed by atoms with Crippen LogP contribution in [0.15, 0.2) is 237 Å². The number of hydrogen-bond donors (Lipinski definition) is 0. The minimum atomic E-state index is 1.09. The van der Waals surface area contributed by atoms with Crippen LogP contribution in [0.25, 0.3) is 87.6 Å². The van der Waals surface area contributed by atoms with Gasteiger partial charge in [-0.3, -0.25) is 0 Å². The first-order chi connectivity index (χ1) is 29.2. The van der Waals surface area contributed by atoms with E-state index in [1.54, 1.807) is 0 Å². The van der Waals surface area contributed by atoms with Crippen LogP contribution in [0.2, 0.25) is 0 Å². The zero-order chi connectivity index (χ0) is 39.1. The normalized spacial score (nSPS) is 11.4. The molecule has 0 unspecified atom stereocenters. The van der Waals surface area contributed by atoms with Crippen molar-refractivity contribution in [3.8, 4) is 44.5 Å². The van der Waals surface area contributed by atoms with Gasteiger partial charge in [-0.15, -0.1) is 0 Å². The summed E-state index contributed by atoms with van der Waals surface area (Å²) < 4.78 is 0. The Hall–Kier alpha value is -7.74. The summed E-state index contributed by atoms with van der Waals surface area (Å²) in [4.78, 5) is 2.45. The molecule has 0 aliphatic carbocycles. The molecule has 0 spiro atoms. The molecule has 0 aromatic heterocycles. The van der Waals surface area contributed by atoms with Gasteiger partial charge in [-0.2, -0.15) is 0 Å². The van der Waals surface area contributed by atoms with Crippen LogP contribution in [0, 0.1) is 0 Å². The van der Waals surface area contributed by atoms with E-state index in [9.17, 15) is 0 Å². The van der Waals surface area contributed by atoms with E-state index >= 15 is 0 Å². The minimum Gasteiger partial charge on any atom is -0.310 e. The minimum absolute atomic E-state index is 1.09. The zero-order valence-electron chi connectivity index (χ0n) is 32.5. The Morgan fingerprint density at radius 3 is 1.14 bits per heavy atom. The topological polar surface area (TPSA) is 3.24 Å². The van der Waals surface area contributed by atoms with Crippen LogP contribution in [-0.2, 0) is 0 Å². The van der Waals surface area contributed by atoms with Gasteiger partial charge in [0.1, 0.15) is 0 Å². The molecule has 0 radical (unpaired) electrons. The fraction of sp³-hybridized carbons (Fsp3) is 0. The molecule has 0 aliphatic heterocycles. The number of anilines is 3. The molecule has 59 heavy (non-hydrogen) atoms. The predicted octanol–water partition coefficient (Wildman–Crippen LogP) is 16.4. The standard InChI is InChI=1S/C58H39N/c1-3-13-40(14-4-1)43-23-26-46(27-24-43)55-38-56-53-21-11-9-19-51(53)52-20-10-12-22-54(52)57(56)39-58(55)59(49-33-29-44(30-34-49)41-15-5-2-6-16-41)50-35-31-45(32-36-50)48-28-25-42-17-7-8-18-47(42)37-48/h1-39H. The number of rotatable bonds is 7. The molecule has 0 bridgehead atoms. The lowest BCUT2D eigenvalue weighted by Crippen LogP contribution is -2.11. The lowest BCUT2D eigenvalue weighted by Gasteiger charge is -2.29. The summed E-state index contributed by atoms with van der Waals surface area (Å²) in [5, 5.41) is 10.0. The fourth-order valence-electron chi connectivity index (χ4n) is 8.86. The van der Waals surface area contributed by atoms with E-state index in [4.69, 9.17) is 0 Å². The van der Waals surface area contributed by atoms with E-state index in [0.29, 0.717) is 0 Å². The number of nitrogens with zero attached hydrogens (tertiary/aromatic N) is 1. The number of benzene rings is 11. The van der Waals surface area contributed by atoms with Crippen molar-refractivity contribution in [2.75, 3.05) is 4.90 Å². The van der Waals surface area contributed by atoms with Gasteiger partial charge in [-0.05, 0) is 124 Å². The molecular formula is C58H39N. The number of hydrogen-bond acceptors (Lipinski definition) is 1. The molecule has 0 saturated heterocycles. The van der Waals surface area contributed by atoms with Gasteiger partial charge >= 0.3 is 0 Å². The van der Waals surface area contributed by atoms with E-state index in [0.717, 1.165) is 22.6 Å². The van der Waals surface area contributed by atoms with Crippen LogP contribution in [0.5, 0.6) is 0 Å². The molecular weight excluding hydrogens is 711 g/mol. The van der Waals surface area contributed by atoms with Crippen LogP contribution in [0.3, 0.4) is 0 Å². The zero-order valence-corrected chi connectivity index (χ0v) is 32.5. The fourth-order valence-corrected chi connectivity index (χ4v) is 8.86. The highest BCUT2D eigenvalue weighted by atomic mass is 15.1. The van der Waals surface area contributed by atoms with Crippen molar-refractivity contribution in [3.63, 3.8) is 0 Å². The van der Waals surface area contributed by atoms with Crippen LogP contribution in [0.4, 0.5) is 17.1 Å². The molecule has 11 aromatic rings. The third-order valence-corrected chi connectivity index (χ3v) is 11.8. The van der Waals surface area contributed by atoms with Gasteiger partial charge in [-0.1, -0.05) is 194 Å². The molecule has 276 valence electrons. The molecule has 0 saturated carbocycles. The predicted molar refractivity (Wildman–Crippen MR) is 253 cm³/mol. The SMILES string of the molecule is c1ccc(-c2ccc(-c3cc4c5ccccc5c5ccccc5c4cc3N(c3ccc(-c4ccccc4)cc3)c3ccc(-c4ccc5ccccc5c4)cc3)cc2)cc1. The molecule has 11 aromatic carbocycles. The third kappa shape index (κ3) is 6.30. The summed E-state index contributed by atoms with van der Waals surface area (Å²) in [5.74, 6) is 0. The van der Waals surface area contributed by atoms with Crippen molar-refractivity contribution in [1.29, 1.82) is 0 Å². The van der Waals surface area contributed by atoms with Crippen molar-refractivity contribution >= 4 is 60.2 Å². The van der Waals surface area contributed by atoms with E-state index in [-0.39, 0.29) is 0 Å². The summed E-state index contributed by atoms with van der Waals surface area (Å²) in [6.45, 7) is 0. The molecule has 0 heterocycles. The highest BCUT2D eigenvalue weighted by Gasteiger charge is 2.21. The van der Waals surface area contributed by atoms with Crippen molar-refractivity contribution in [3.05, 3.63) is 237 Å². The van der Waals surface area contributed by atoms with Gasteiger partial charge in [0.2, 0.25) is 0 Å². The first-order valence-corrected chi connectivity index (χ1v) is 20.3. The summed E-state index contributed by atoms with van der Waals surface area (Å²) in [5.41, 5.74) is 12.8. The van der Waals surface area contributed by atoms with Crippen LogP contribution in [-0.4, -0.2) is 0 Å². The maximum absolute atomic E-state index is 2.45. The Labute approximate surface area is 344 Å². The first-order valence-electron chi connectivity index (χ1n) is 20.3. The van der Waals surface area contributed by atoms with Gasteiger partial charge in [0, 0.05) is 16.9 Å². The Morgan fingerprint density at radius 1 is 0.220 bits per heavy atom.